The number of nitrogens with one attached hydrogen (secondary N) is 1. The van der Waals surface area contributed by atoms with Gasteiger partial charge in [0.1, 0.15) is 0 Å². The van der Waals surface area contributed by atoms with E-state index in [1.54, 1.807) is 18.5 Å². The van der Waals surface area contributed by atoms with Crippen molar-refractivity contribution < 1.29 is 4.79 Å². The zero-order chi connectivity index (χ0) is 13.2. The third-order valence-corrected chi connectivity index (χ3v) is 3.53. The molecule has 1 fully saturated rings. The molecule has 96 valence electrons. The van der Waals surface area contributed by atoms with Crippen LogP contribution in [0.4, 0.5) is 5.69 Å². The fraction of sp³-hybridized carbons (Fsp3) is 0.200. The number of hydrogen-bond donors (Lipinski definition) is 1. The van der Waals surface area contributed by atoms with Gasteiger partial charge in [-0.2, -0.15) is 0 Å². The number of carbonyl (C=O) groups is 1. The van der Waals surface area contributed by atoms with Crippen molar-refractivity contribution in [3.8, 4) is 0 Å². The fourth-order valence-corrected chi connectivity index (χ4v) is 2.44. The van der Waals surface area contributed by atoms with Crippen LogP contribution in [0.2, 0.25) is 5.02 Å². The van der Waals surface area contributed by atoms with Crippen LogP contribution in [0, 0.1) is 5.92 Å². The summed E-state index contributed by atoms with van der Waals surface area (Å²) in [5.74, 6) is 0.438. The van der Waals surface area contributed by atoms with E-state index in [1.807, 2.05) is 18.2 Å². The maximum atomic E-state index is 12.1. The molecule has 1 aliphatic carbocycles. The number of halogens is 1. The van der Waals surface area contributed by atoms with Gasteiger partial charge in [-0.3, -0.25) is 9.78 Å². The zero-order valence-corrected chi connectivity index (χ0v) is 11.0. The van der Waals surface area contributed by atoms with E-state index in [-0.39, 0.29) is 11.8 Å². The lowest BCUT2D eigenvalue weighted by molar-refractivity contribution is -0.117. The van der Waals surface area contributed by atoms with Crippen molar-refractivity contribution in [2.24, 2.45) is 5.92 Å². The molecule has 3 rings (SSSR count). The van der Waals surface area contributed by atoms with Crippen molar-refractivity contribution >= 4 is 23.2 Å². The first-order valence-electron chi connectivity index (χ1n) is 6.20. The van der Waals surface area contributed by atoms with E-state index in [9.17, 15) is 4.79 Å². The summed E-state index contributed by atoms with van der Waals surface area (Å²) in [7, 11) is 0. The predicted octanol–water partition coefficient (Wildman–Crippen LogP) is 3.48. The van der Waals surface area contributed by atoms with Crippen molar-refractivity contribution in [2.45, 2.75) is 12.3 Å². The Labute approximate surface area is 116 Å². The van der Waals surface area contributed by atoms with Crippen LogP contribution in [0.1, 0.15) is 17.9 Å². The van der Waals surface area contributed by atoms with Crippen LogP contribution < -0.4 is 5.32 Å². The molecule has 19 heavy (non-hydrogen) atoms. The van der Waals surface area contributed by atoms with Crippen LogP contribution in [0.15, 0.2) is 48.8 Å². The zero-order valence-electron chi connectivity index (χ0n) is 10.2. The van der Waals surface area contributed by atoms with Crippen LogP contribution in [-0.4, -0.2) is 10.9 Å². The molecular formula is C15H13ClN2O. The number of carbonyl (C=O) groups excluding carboxylic acids is 1. The lowest BCUT2D eigenvalue weighted by Crippen LogP contribution is -2.14. The summed E-state index contributed by atoms with van der Waals surface area (Å²) in [6, 6.07) is 11.8. The number of amides is 1. The third-order valence-electron chi connectivity index (χ3n) is 3.33. The van der Waals surface area contributed by atoms with Gasteiger partial charge in [-0.05, 0) is 24.0 Å². The molecule has 0 spiro atoms. The Morgan fingerprint density at radius 2 is 2.05 bits per heavy atom. The van der Waals surface area contributed by atoms with Crippen molar-refractivity contribution in [1.29, 1.82) is 0 Å². The SMILES string of the molecule is O=C(Nc1cncc(Cl)c1)C1CC1c1ccccc1. The molecule has 0 aliphatic heterocycles. The van der Waals surface area contributed by atoms with Crippen LogP contribution in [0.25, 0.3) is 0 Å². The smallest absolute Gasteiger partial charge is 0.228 e. The molecule has 2 aromatic rings. The maximum Gasteiger partial charge on any atom is 0.228 e. The molecular weight excluding hydrogens is 260 g/mol. The average Bonchev–Trinajstić information content (AvgIpc) is 3.20. The molecule has 0 saturated heterocycles. The predicted molar refractivity (Wildman–Crippen MR) is 75.2 cm³/mol. The van der Waals surface area contributed by atoms with E-state index in [4.69, 9.17) is 11.6 Å². The minimum absolute atomic E-state index is 0.0397. The second-order valence-electron chi connectivity index (χ2n) is 4.74. The van der Waals surface area contributed by atoms with E-state index < -0.39 is 0 Å². The summed E-state index contributed by atoms with van der Waals surface area (Å²) in [6.45, 7) is 0. The van der Waals surface area contributed by atoms with Gasteiger partial charge in [0, 0.05) is 12.1 Å². The van der Waals surface area contributed by atoms with E-state index in [2.05, 4.69) is 22.4 Å². The van der Waals surface area contributed by atoms with Gasteiger partial charge in [-0.15, -0.1) is 0 Å². The van der Waals surface area contributed by atoms with Crippen LogP contribution in [0.5, 0.6) is 0 Å². The summed E-state index contributed by atoms with van der Waals surface area (Å²) >= 11 is 5.83. The van der Waals surface area contributed by atoms with Crippen LogP contribution >= 0.6 is 11.6 Å². The van der Waals surface area contributed by atoms with Gasteiger partial charge in [0.15, 0.2) is 0 Å². The van der Waals surface area contributed by atoms with Crippen molar-refractivity contribution in [3.05, 3.63) is 59.4 Å². The van der Waals surface area contributed by atoms with Gasteiger partial charge in [0.2, 0.25) is 5.91 Å². The first-order valence-corrected chi connectivity index (χ1v) is 6.58. The highest BCUT2D eigenvalue weighted by atomic mass is 35.5. The van der Waals surface area contributed by atoms with Crippen LogP contribution in [0.3, 0.4) is 0 Å². The number of anilines is 1. The van der Waals surface area contributed by atoms with Gasteiger partial charge in [0.25, 0.3) is 0 Å². The quantitative estimate of drug-likeness (QED) is 0.929. The number of aromatic nitrogens is 1. The summed E-state index contributed by atoms with van der Waals surface area (Å²) in [6.07, 6.45) is 4.05. The van der Waals surface area contributed by atoms with Gasteiger partial charge in [0.05, 0.1) is 16.9 Å². The largest absolute Gasteiger partial charge is 0.324 e. The lowest BCUT2D eigenvalue weighted by atomic mass is 10.1. The Kier molecular flexibility index (Phi) is 3.22. The molecule has 0 bridgehead atoms. The van der Waals surface area contributed by atoms with Gasteiger partial charge >= 0.3 is 0 Å². The highest BCUT2D eigenvalue weighted by Crippen LogP contribution is 2.47. The Bertz CT molecular complexity index is 600. The molecule has 4 heteroatoms. The normalized spacial score (nSPS) is 20.9. The highest BCUT2D eigenvalue weighted by Gasteiger charge is 2.43. The second kappa shape index (κ2) is 5.02. The van der Waals surface area contributed by atoms with Gasteiger partial charge < -0.3 is 5.32 Å². The molecule has 1 amide bonds. The number of pyridine rings is 1. The summed E-state index contributed by atoms with van der Waals surface area (Å²) in [5, 5.41) is 3.38. The number of nitrogens with zero attached hydrogens (tertiary/aromatic N) is 1. The molecule has 3 nitrogen and oxygen atoms in total. The minimum atomic E-state index is 0.0397. The Morgan fingerprint density at radius 1 is 1.26 bits per heavy atom. The van der Waals surface area contributed by atoms with E-state index in [0.717, 1.165) is 6.42 Å². The molecule has 2 atom stereocenters. The Hall–Kier alpha value is -1.87. The van der Waals surface area contributed by atoms with Gasteiger partial charge in [-0.25, -0.2) is 0 Å². The number of benzene rings is 1. The standard InChI is InChI=1S/C15H13ClN2O/c16-11-6-12(9-17-8-11)18-15(19)14-7-13(14)10-4-2-1-3-5-10/h1-6,8-9,13-14H,7H2,(H,18,19). The summed E-state index contributed by atoms with van der Waals surface area (Å²) in [4.78, 5) is 16.0. The Balaban J connectivity index is 1.64. The third kappa shape index (κ3) is 2.76. The molecule has 0 radical (unpaired) electrons. The lowest BCUT2D eigenvalue weighted by Gasteiger charge is -2.04. The molecule has 1 saturated carbocycles. The van der Waals surface area contributed by atoms with E-state index >= 15 is 0 Å². The van der Waals surface area contributed by atoms with Gasteiger partial charge in [-0.1, -0.05) is 41.9 Å². The van der Waals surface area contributed by atoms with Crippen LogP contribution in [-0.2, 0) is 4.79 Å². The fourth-order valence-electron chi connectivity index (χ4n) is 2.27. The molecule has 1 aromatic carbocycles. The molecule has 1 aliphatic rings. The first-order chi connectivity index (χ1) is 9.24. The monoisotopic (exact) mass is 272 g/mol. The van der Waals surface area contributed by atoms with E-state index in [1.165, 1.54) is 5.56 Å². The molecule has 2 unspecified atom stereocenters. The average molecular weight is 273 g/mol. The minimum Gasteiger partial charge on any atom is -0.324 e. The van der Waals surface area contributed by atoms with Crippen molar-refractivity contribution in [2.75, 3.05) is 5.32 Å². The highest BCUT2D eigenvalue weighted by molar-refractivity contribution is 6.30. The Morgan fingerprint density at radius 3 is 2.79 bits per heavy atom. The summed E-state index contributed by atoms with van der Waals surface area (Å²) in [5.41, 5.74) is 1.88. The van der Waals surface area contributed by atoms with Crippen molar-refractivity contribution in [3.63, 3.8) is 0 Å². The molecule has 1 heterocycles. The molecule has 1 N–H and O–H groups in total. The first kappa shape index (κ1) is 12.2. The summed E-state index contributed by atoms with van der Waals surface area (Å²) < 4.78 is 0. The van der Waals surface area contributed by atoms with E-state index in [0.29, 0.717) is 16.6 Å². The maximum absolute atomic E-state index is 12.1. The number of rotatable bonds is 3. The topological polar surface area (TPSA) is 42.0 Å². The molecule has 1 aromatic heterocycles. The number of hydrogen-bond acceptors (Lipinski definition) is 2. The second-order valence-corrected chi connectivity index (χ2v) is 5.18. The van der Waals surface area contributed by atoms with Crippen molar-refractivity contribution in [1.82, 2.24) is 4.98 Å².